The second-order valence-electron chi connectivity index (χ2n) is 14.4. The molecule has 0 aliphatic heterocycles. The minimum absolute atomic E-state index is 0.571. The second kappa shape index (κ2) is 13.5. The van der Waals surface area contributed by atoms with Crippen LogP contribution in [0.25, 0.3) is 70.7 Å². The van der Waals surface area contributed by atoms with Crippen LogP contribution in [0.4, 0.5) is 0 Å². The lowest BCUT2D eigenvalue weighted by atomic mass is 9.64. The van der Waals surface area contributed by atoms with Crippen LogP contribution in [0.2, 0.25) is 0 Å². The Kier molecular flexibility index (Phi) is 7.86. The van der Waals surface area contributed by atoms with E-state index in [0.717, 1.165) is 55.2 Å². The predicted octanol–water partition coefficient (Wildman–Crippen LogP) is 13.1. The largest absolute Gasteiger partial charge is 0.278 e. The highest BCUT2D eigenvalue weighted by Gasteiger charge is 2.40. The van der Waals surface area contributed by atoms with E-state index in [0.29, 0.717) is 17.6 Å². The van der Waals surface area contributed by atoms with Crippen LogP contribution in [0.5, 0.6) is 0 Å². The van der Waals surface area contributed by atoms with E-state index in [1.807, 2.05) is 11.3 Å². The fraction of sp³-hybridized carbons (Fsp3) is 0.0192. The molecule has 0 saturated carbocycles. The molecule has 3 aromatic heterocycles. The number of fused-ring (bicyclic) bond motifs is 6. The van der Waals surface area contributed by atoms with Crippen molar-refractivity contribution >= 4 is 53.3 Å². The zero-order valence-corrected chi connectivity index (χ0v) is 31.6. The summed E-state index contributed by atoms with van der Waals surface area (Å²) in [6.07, 6.45) is 0. The van der Waals surface area contributed by atoms with Gasteiger partial charge in [-0.3, -0.25) is 4.57 Å². The molecule has 8 aromatic carbocycles. The fourth-order valence-corrected chi connectivity index (χ4v) is 9.84. The molecule has 0 bridgehead atoms. The molecule has 0 atom stereocenters. The SMILES string of the molecule is c1ccc(C(c2ccccc2)(c2ccccc2)c2ccccc2-c2nc(-c3ccc4sc5ccccc5c4c3)nc(-n3c4ccccc4c4ccccc43)n2)cc1. The van der Waals surface area contributed by atoms with Crippen molar-refractivity contribution in [3.63, 3.8) is 0 Å². The Hall–Kier alpha value is -7.21. The molecule has 0 saturated heterocycles. The van der Waals surface area contributed by atoms with Crippen LogP contribution in [-0.2, 0) is 5.41 Å². The van der Waals surface area contributed by atoms with Crippen molar-refractivity contribution in [3.05, 3.63) is 229 Å². The molecule has 5 heteroatoms. The van der Waals surface area contributed by atoms with Crippen LogP contribution in [0.15, 0.2) is 206 Å². The van der Waals surface area contributed by atoms with Crippen molar-refractivity contribution in [2.45, 2.75) is 5.41 Å². The number of nitrogens with zero attached hydrogens (tertiary/aromatic N) is 4. The lowest BCUT2D eigenvalue weighted by molar-refractivity contribution is 0.745. The Morgan fingerprint density at radius 3 is 1.51 bits per heavy atom. The lowest BCUT2D eigenvalue weighted by Crippen LogP contribution is -2.31. The Morgan fingerprint density at radius 1 is 0.386 bits per heavy atom. The zero-order valence-electron chi connectivity index (χ0n) is 30.8. The molecule has 0 fully saturated rings. The van der Waals surface area contributed by atoms with Crippen molar-refractivity contribution in [1.29, 1.82) is 0 Å². The summed E-state index contributed by atoms with van der Waals surface area (Å²) in [4.78, 5) is 16.3. The third-order valence-electron chi connectivity index (χ3n) is 11.2. The van der Waals surface area contributed by atoms with Crippen molar-refractivity contribution in [2.75, 3.05) is 0 Å². The first kappa shape index (κ1) is 33.2. The van der Waals surface area contributed by atoms with Crippen molar-refractivity contribution in [3.8, 4) is 28.7 Å². The minimum Gasteiger partial charge on any atom is -0.278 e. The maximum Gasteiger partial charge on any atom is 0.238 e. The first-order chi connectivity index (χ1) is 28.3. The fourth-order valence-electron chi connectivity index (χ4n) is 8.75. The second-order valence-corrected chi connectivity index (χ2v) is 15.4. The summed E-state index contributed by atoms with van der Waals surface area (Å²) in [6, 6.07) is 73.3. The smallest absolute Gasteiger partial charge is 0.238 e. The van der Waals surface area contributed by atoms with E-state index in [-0.39, 0.29) is 0 Å². The molecular weight excluding hydrogens is 713 g/mol. The Labute approximate surface area is 334 Å². The van der Waals surface area contributed by atoms with Crippen LogP contribution < -0.4 is 0 Å². The maximum atomic E-state index is 5.47. The van der Waals surface area contributed by atoms with E-state index < -0.39 is 5.41 Å². The first-order valence-corrected chi connectivity index (χ1v) is 20.0. The number of thiophene rings is 1. The van der Waals surface area contributed by atoms with Gasteiger partial charge in [-0.15, -0.1) is 11.3 Å². The molecular formula is C52H34N4S. The van der Waals surface area contributed by atoms with E-state index in [2.05, 4.69) is 211 Å². The lowest BCUT2D eigenvalue weighted by Gasteiger charge is -2.38. The van der Waals surface area contributed by atoms with Gasteiger partial charge in [-0.1, -0.05) is 170 Å². The summed E-state index contributed by atoms with van der Waals surface area (Å²) in [7, 11) is 0. The van der Waals surface area contributed by atoms with Gasteiger partial charge in [-0.25, -0.2) is 4.98 Å². The highest BCUT2D eigenvalue weighted by atomic mass is 32.1. The van der Waals surface area contributed by atoms with Crippen LogP contribution in [0.3, 0.4) is 0 Å². The highest BCUT2D eigenvalue weighted by molar-refractivity contribution is 7.25. The summed E-state index contributed by atoms with van der Waals surface area (Å²) < 4.78 is 4.69. The van der Waals surface area contributed by atoms with Crippen LogP contribution in [0, 0.1) is 0 Å². The number of para-hydroxylation sites is 2. The molecule has 268 valence electrons. The molecule has 4 nitrogen and oxygen atoms in total. The minimum atomic E-state index is -0.700. The quantitative estimate of drug-likeness (QED) is 0.153. The summed E-state index contributed by atoms with van der Waals surface area (Å²) in [5.41, 5.74) is 7.80. The van der Waals surface area contributed by atoms with Gasteiger partial charge in [0, 0.05) is 42.1 Å². The number of hydrogen-bond donors (Lipinski definition) is 0. The molecule has 0 amide bonds. The van der Waals surface area contributed by atoms with Gasteiger partial charge in [0.25, 0.3) is 0 Å². The van der Waals surface area contributed by atoms with Gasteiger partial charge in [-0.2, -0.15) is 9.97 Å². The molecule has 0 radical (unpaired) electrons. The molecule has 0 aliphatic rings. The Bertz CT molecular complexity index is 3090. The number of rotatable bonds is 7. The van der Waals surface area contributed by atoms with E-state index in [1.54, 1.807) is 0 Å². The van der Waals surface area contributed by atoms with Gasteiger partial charge >= 0.3 is 0 Å². The summed E-state index contributed by atoms with van der Waals surface area (Å²) >= 11 is 1.81. The standard InChI is InChI=1S/C52H34N4S/c1-4-18-36(19-5-1)52(37-20-6-2-7-21-37,38-22-8-3-9-23-38)44-28-14-10-27-42(44)50-53-49(35-32-33-48-43(34-35)41-26-13-17-31-47(41)57-48)54-51(55-50)56-45-29-15-11-24-39(45)40-25-12-16-30-46(40)56/h1-34H. The molecule has 0 spiro atoms. The predicted molar refractivity (Wildman–Crippen MR) is 236 cm³/mol. The van der Waals surface area contributed by atoms with Gasteiger partial charge in [0.15, 0.2) is 11.6 Å². The summed E-state index contributed by atoms with van der Waals surface area (Å²) in [5, 5.41) is 4.74. The van der Waals surface area contributed by atoms with E-state index in [9.17, 15) is 0 Å². The molecule has 11 rings (SSSR count). The molecule has 0 unspecified atom stereocenters. The Balaban J connectivity index is 1.24. The first-order valence-electron chi connectivity index (χ1n) is 19.2. The summed E-state index contributed by atoms with van der Waals surface area (Å²) in [5.74, 6) is 1.80. The van der Waals surface area contributed by atoms with Gasteiger partial charge in [0.2, 0.25) is 5.95 Å². The number of benzene rings is 8. The number of hydrogen-bond acceptors (Lipinski definition) is 4. The van der Waals surface area contributed by atoms with Crippen LogP contribution >= 0.6 is 11.3 Å². The average Bonchev–Trinajstić information content (AvgIpc) is 3.83. The monoisotopic (exact) mass is 746 g/mol. The molecule has 57 heavy (non-hydrogen) atoms. The van der Waals surface area contributed by atoms with Gasteiger partial charge in [-0.05, 0) is 58.7 Å². The molecule has 0 aliphatic carbocycles. The van der Waals surface area contributed by atoms with Crippen molar-refractivity contribution in [1.82, 2.24) is 19.5 Å². The molecule has 0 N–H and O–H groups in total. The normalized spacial score (nSPS) is 11.9. The average molecular weight is 747 g/mol. The van der Waals surface area contributed by atoms with E-state index >= 15 is 0 Å². The third-order valence-corrected chi connectivity index (χ3v) is 12.4. The molecule has 11 aromatic rings. The zero-order chi connectivity index (χ0) is 37.8. The highest BCUT2D eigenvalue weighted by Crippen LogP contribution is 2.48. The van der Waals surface area contributed by atoms with Gasteiger partial charge in [0.1, 0.15) is 0 Å². The van der Waals surface area contributed by atoms with E-state index in [1.165, 1.54) is 20.2 Å². The van der Waals surface area contributed by atoms with Gasteiger partial charge in [0.05, 0.1) is 16.4 Å². The topological polar surface area (TPSA) is 43.6 Å². The van der Waals surface area contributed by atoms with Crippen LogP contribution in [0.1, 0.15) is 22.3 Å². The third kappa shape index (κ3) is 5.31. The van der Waals surface area contributed by atoms with E-state index in [4.69, 9.17) is 15.0 Å². The number of aromatic nitrogens is 4. The molecule has 3 heterocycles. The van der Waals surface area contributed by atoms with Crippen molar-refractivity contribution in [2.24, 2.45) is 0 Å². The van der Waals surface area contributed by atoms with Crippen molar-refractivity contribution < 1.29 is 0 Å². The maximum absolute atomic E-state index is 5.47. The van der Waals surface area contributed by atoms with Gasteiger partial charge < -0.3 is 0 Å². The Morgan fingerprint density at radius 2 is 0.877 bits per heavy atom. The van der Waals surface area contributed by atoms with Crippen LogP contribution in [-0.4, -0.2) is 19.5 Å². The summed E-state index contributed by atoms with van der Waals surface area (Å²) in [6.45, 7) is 0.